The topological polar surface area (TPSA) is 20.3 Å². The van der Waals surface area contributed by atoms with Crippen molar-refractivity contribution in [3.05, 3.63) is 63.7 Å². The van der Waals surface area contributed by atoms with E-state index in [-0.39, 0.29) is 5.91 Å². The molecule has 0 saturated carbocycles. The van der Waals surface area contributed by atoms with Gasteiger partial charge in [0.25, 0.3) is 5.91 Å². The standard InChI is InChI=1S/C17H18INO/c1-2-3-13-19(16-7-5-4-6-8-16)17(20)14-9-11-15(18)12-10-14/h4-12H,2-3,13H2,1H3. The van der Waals surface area contributed by atoms with E-state index in [9.17, 15) is 4.79 Å². The van der Waals surface area contributed by atoms with Crippen LogP contribution in [0.1, 0.15) is 30.1 Å². The van der Waals surface area contributed by atoms with Gasteiger partial charge in [0.2, 0.25) is 0 Å². The number of unbranched alkanes of at least 4 members (excludes halogenated alkanes) is 1. The van der Waals surface area contributed by atoms with Crippen molar-refractivity contribution in [2.45, 2.75) is 19.8 Å². The highest BCUT2D eigenvalue weighted by Gasteiger charge is 2.16. The summed E-state index contributed by atoms with van der Waals surface area (Å²) in [4.78, 5) is 14.6. The van der Waals surface area contributed by atoms with Gasteiger partial charge in [-0.2, -0.15) is 0 Å². The molecule has 0 aromatic heterocycles. The first-order chi connectivity index (χ1) is 9.72. The quantitative estimate of drug-likeness (QED) is 0.688. The molecule has 0 radical (unpaired) electrons. The maximum atomic E-state index is 12.7. The summed E-state index contributed by atoms with van der Waals surface area (Å²) in [7, 11) is 0. The van der Waals surface area contributed by atoms with Crippen LogP contribution in [0.25, 0.3) is 0 Å². The number of nitrogens with zero attached hydrogens (tertiary/aromatic N) is 1. The number of para-hydroxylation sites is 1. The molecule has 0 aliphatic rings. The Morgan fingerprint density at radius 1 is 1.05 bits per heavy atom. The number of hydrogen-bond donors (Lipinski definition) is 0. The molecule has 104 valence electrons. The molecule has 0 fully saturated rings. The predicted octanol–water partition coefficient (Wildman–Crippen LogP) is 4.74. The van der Waals surface area contributed by atoms with Crippen molar-refractivity contribution in [1.29, 1.82) is 0 Å². The zero-order chi connectivity index (χ0) is 14.4. The molecule has 20 heavy (non-hydrogen) atoms. The number of halogens is 1. The smallest absolute Gasteiger partial charge is 0.258 e. The van der Waals surface area contributed by atoms with Gasteiger partial charge in [0, 0.05) is 21.4 Å². The van der Waals surface area contributed by atoms with Gasteiger partial charge in [-0.3, -0.25) is 4.79 Å². The molecule has 0 heterocycles. The van der Waals surface area contributed by atoms with Gasteiger partial charge in [0.1, 0.15) is 0 Å². The van der Waals surface area contributed by atoms with Crippen molar-refractivity contribution in [2.75, 3.05) is 11.4 Å². The summed E-state index contributed by atoms with van der Waals surface area (Å²) in [6, 6.07) is 17.6. The molecule has 2 nitrogen and oxygen atoms in total. The van der Waals surface area contributed by atoms with E-state index >= 15 is 0 Å². The van der Waals surface area contributed by atoms with E-state index in [2.05, 4.69) is 29.5 Å². The average Bonchev–Trinajstić information content (AvgIpc) is 2.49. The molecule has 0 bridgehead atoms. The monoisotopic (exact) mass is 379 g/mol. The lowest BCUT2D eigenvalue weighted by Gasteiger charge is -2.22. The van der Waals surface area contributed by atoms with Crippen molar-refractivity contribution < 1.29 is 4.79 Å². The van der Waals surface area contributed by atoms with Gasteiger partial charge in [0.05, 0.1) is 0 Å². The second-order valence-electron chi connectivity index (χ2n) is 4.65. The van der Waals surface area contributed by atoms with Crippen LogP contribution in [-0.4, -0.2) is 12.5 Å². The Balaban J connectivity index is 2.26. The molecule has 0 atom stereocenters. The second-order valence-corrected chi connectivity index (χ2v) is 5.90. The third-order valence-corrected chi connectivity index (χ3v) is 3.86. The van der Waals surface area contributed by atoms with Crippen LogP contribution < -0.4 is 4.90 Å². The van der Waals surface area contributed by atoms with Crippen LogP contribution in [0.4, 0.5) is 5.69 Å². The summed E-state index contributed by atoms with van der Waals surface area (Å²) < 4.78 is 1.14. The molecule has 1 amide bonds. The fourth-order valence-electron chi connectivity index (χ4n) is 2.02. The Morgan fingerprint density at radius 2 is 1.70 bits per heavy atom. The number of anilines is 1. The molecule has 0 aliphatic carbocycles. The summed E-state index contributed by atoms with van der Waals surface area (Å²) in [6.45, 7) is 2.89. The van der Waals surface area contributed by atoms with E-state index in [1.165, 1.54) is 0 Å². The van der Waals surface area contributed by atoms with Gasteiger partial charge in [0.15, 0.2) is 0 Å². The Hall–Kier alpha value is -1.36. The molecule has 0 N–H and O–H groups in total. The normalized spacial score (nSPS) is 10.3. The summed E-state index contributed by atoms with van der Waals surface area (Å²) in [6.07, 6.45) is 2.08. The van der Waals surface area contributed by atoms with E-state index in [0.29, 0.717) is 0 Å². The first-order valence-electron chi connectivity index (χ1n) is 6.85. The minimum Gasteiger partial charge on any atom is -0.308 e. The van der Waals surface area contributed by atoms with Gasteiger partial charge in [-0.25, -0.2) is 0 Å². The highest BCUT2D eigenvalue weighted by molar-refractivity contribution is 14.1. The van der Waals surface area contributed by atoms with E-state index in [1.807, 2.05) is 59.5 Å². The first-order valence-corrected chi connectivity index (χ1v) is 7.92. The Bertz CT molecular complexity index is 551. The number of carbonyl (C=O) groups excluding carboxylic acids is 1. The largest absolute Gasteiger partial charge is 0.308 e. The molecule has 2 rings (SSSR count). The maximum Gasteiger partial charge on any atom is 0.258 e. The van der Waals surface area contributed by atoms with Crippen molar-refractivity contribution in [3.8, 4) is 0 Å². The van der Waals surface area contributed by atoms with Crippen LogP contribution in [0.15, 0.2) is 54.6 Å². The predicted molar refractivity (Wildman–Crippen MR) is 92.2 cm³/mol. The number of hydrogen-bond acceptors (Lipinski definition) is 1. The first kappa shape index (κ1) is 15.0. The van der Waals surface area contributed by atoms with E-state index in [4.69, 9.17) is 0 Å². The number of rotatable bonds is 5. The van der Waals surface area contributed by atoms with E-state index in [0.717, 1.165) is 34.2 Å². The zero-order valence-corrected chi connectivity index (χ0v) is 13.7. The van der Waals surface area contributed by atoms with Crippen molar-refractivity contribution in [1.82, 2.24) is 0 Å². The summed E-state index contributed by atoms with van der Waals surface area (Å²) >= 11 is 2.25. The average molecular weight is 379 g/mol. The van der Waals surface area contributed by atoms with Crippen LogP contribution in [0.3, 0.4) is 0 Å². The molecule has 0 aliphatic heterocycles. The summed E-state index contributed by atoms with van der Waals surface area (Å²) in [5.74, 6) is 0.0704. The fraction of sp³-hybridized carbons (Fsp3) is 0.235. The van der Waals surface area contributed by atoms with Gasteiger partial charge < -0.3 is 4.90 Å². The molecule has 3 heteroatoms. The lowest BCUT2D eigenvalue weighted by atomic mass is 10.1. The lowest BCUT2D eigenvalue weighted by Crippen LogP contribution is -2.31. The van der Waals surface area contributed by atoms with Crippen LogP contribution in [0.2, 0.25) is 0 Å². The van der Waals surface area contributed by atoms with Crippen LogP contribution in [0.5, 0.6) is 0 Å². The van der Waals surface area contributed by atoms with Gasteiger partial charge >= 0.3 is 0 Å². The van der Waals surface area contributed by atoms with Crippen molar-refractivity contribution in [3.63, 3.8) is 0 Å². The Kier molecular flexibility index (Phi) is 5.59. The minimum atomic E-state index is 0.0704. The van der Waals surface area contributed by atoms with E-state index < -0.39 is 0 Å². The molecular formula is C17H18INO. The maximum absolute atomic E-state index is 12.7. The van der Waals surface area contributed by atoms with Crippen LogP contribution in [-0.2, 0) is 0 Å². The van der Waals surface area contributed by atoms with Crippen LogP contribution >= 0.6 is 22.6 Å². The highest BCUT2D eigenvalue weighted by Crippen LogP contribution is 2.18. The number of carbonyl (C=O) groups is 1. The minimum absolute atomic E-state index is 0.0704. The number of benzene rings is 2. The van der Waals surface area contributed by atoms with Gasteiger partial charge in [-0.15, -0.1) is 0 Å². The Morgan fingerprint density at radius 3 is 2.30 bits per heavy atom. The second kappa shape index (κ2) is 7.43. The van der Waals surface area contributed by atoms with Crippen molar-refractivity contribution >= 4 is 34.2 Å². The molecule has 0 saturated heterocycles. The third kappa shape index (κ3) is 3.82. The lowest BCUT2D eigenvalue weighted by molar-refractivity contribution is 0.0986. The molecule has 2 aromatic rings. The third-order valence-electron chi connectivity index (χ3n) is 3.14. The molecule has 0 spiro atoms. The van der Waals surface area contributed by atoms with Gasteiger partial charge in [-0.05, 0) is 65.4 Å². The highest BCUT2D eigenvalue weighted by atomic mass is 127. The van der Waals surface area contributed by atoms with Crippen molar-refractivity contribution in [2.24, 2.45) is 0 Å². The molecule has 2 aromatic carbocycles. The number of amides is 1. The summed E-state index contributed by atoms with van der Waals surface area (Å²) in [5, 5.41) is 0. The SMILES string of the molecule is CCCCN(C(=O)c1ccc(I)cc1)c1ccccc1. The van der Waals surface area contributed by atoms with Gasteiger partial charge in [-0.1, -0.05) is 31.5 Å². The zero-order valence-electron chi connectivity index (χ0n) is 11.6. The molecule has 0 unspecified atom stereocenters. The molecular weight excluding hydrogens is 361 g/mol. The van der Waals surface area contributed by atoms with Crippen LogP contribution in [0, 0.1) is 3.57 Å². The van der Waals surface area contributed by atoms with E-state index in [1.54, 1.807) is 0 Å². The fourth-order valence-corrected chi connectivity index (χ4v) is 2.38. The summed E-state index contributed by atoms with van der Waals surface area (Å²) in [5.41, 5.74) is 1.70. The Labute approximate surface area is 133 Å².